The van der Waals surface area contributed by atoms with Crippen molar-refractivity contribution in [2.24, 2.45) is 0 Å². The third kappa shape index (κ3) is 3.66. The van der Waals surface area contributed by atoms with Crippen molar-refractivity contribution < 1.29 is 14.6 Å². The minimum atomic E-state index is -0.403. The van der Waals surface area contributed by atoms with Crippen LogP contribution in [0.15, 0.2) is 6.20 Å². The number of aromatic nitrogens is 2. The minimum Gasteiger partial charge on any atom is -0.462 e. The fraction of sp³-hybridized carbons (Fsp3) is 0.583. The van der Waals surface area contributed by atoms with Gasteiger partial charge < -0.3 is 14.7 Å². The van der Waals surface area contributed by atoms with Crippen LogP contribution in [0, 0.1) is 6.92 Å². The predicted octanol–water partition coefficient (Wildman–Crippen LogP) is 0.780. The van der Waals surface area contributed by atoms with Crippen LogP contribution in [-0.2, 0) is 4.74 Å². The van der Waals surface area contributed by atoms with E-state index in [1.807, 2.05) is 11.9 Å². The topological polar surface area (TPSA) is 75.5 Å². The molecule has 0 aliphatic heterocycles. The zero-order valence-electron chi connectivity index (χ0n) is 11.0. The Morgan fingerprint density at radius 3 is 2.83 bits per heavy atom. The Morgan fingerprint density at radius 2 is 2.28 bits per heavy atom. The van der Waals surface area contributed by atoms with Crippen molar-refractivity contribution in [2.45, 2.75) is 20.3 Å². The summed E-state index contributed by atoms with van der Waals surface area (Å²) in [5.41, 5.74) is 0.977. The molecule has 0 aliphatic rings. The lowest BCUT2D eigenvalue weighted by atomic mass is 10.2. The molecule has 0 amide bonds. The van der Waals surface area contributed by atoms with Gasteiger partial charge in [0.2, 0.25) is 5.95 Å². The van der Waals surface area contributed by atoms with E-state index in [2.05, 4.69) is 9.97 Å². The van der Waals surface area contributed by atoms with E-state index in [1.54, 1.807) is 13.8 Å². The summed E-state index contributed by atoms with van der Waals surface area (Å²) in [4.78, 5) is 21.8. The quantitative estimate of drug-likeness (QED) is 0.755. The molecule has 0 atom stereocenters. The van der Waals surface area contributed by atoms with E-state index in [0.29, 0.717) is 36.8 Å². The van der Waals surface area contributed by atoms with E-state index < -0.39 is 5.97 Å². The molecule has 1 N–H and O–H groups in total. The molecule has 0 spiro atoms. The van der Waals surface area contributed by atoms with Crippen molar-refractivity contribution in [3.8, 4) is 0 Å². The Kier molecular flexibility index (Phi) is 5.51. The molecule has 0 fully saturated rings. The van der Waals surface area contributed by atoms with E-state index in [4.69, 9.17) is 9.84 Å². The molecule has 18 heavy (non-hydrogen) atoms. The Morgan fingerprint density at radius 1 is 1.56 bits per heavy atom. The predicted molar refractivity (Wildman–Crippen MR) is 67.7 cm³/mol. The van der Waals surface area contributed by atoms with Gasteiger partial charge in [0.05, 0.1) is 17.9 Å². The van der Waals surface area contributed by atoms with Gasteiger partial charge in [0.25, 0.3) is 0 Å². The summed E-state index contributed by atoms with van der Waals surface area (Å²) in [6.07, 6.45) is 2.13. The SMILES string of the molecule is CCOC(=O)c1cnc(N(C)CCCO)nc1C. The second kappa shape index (κ2) is 6.90. The summed E-state index contributed by atoms with van der Waals surface area (Å²) in [7, 11) is 1.84. The smallest absolute Gasteiger partial charge is 0.341 e. The fourth-order valence-electron chi connectivity index (χ4n) is 1.46. The van der Waals surface area contributed by atoms with Gasteiger partial charge in [0.15, 0.2) is 0 Å². The fourth-order valence-corrected chi connectivity index (χ4v) is 1.46. The van der Waals surface area contributed by atoms with Crippen LogP contribution in [0.1, 0.15) is 29.4 Å². The number of hydrogen-bond donors (Lipinski definition) is 1. The second-order valence-electron chi connectivity index (χ2n) is 3.89. The Hall–Kier alpha value is -1.69. The molecule has 1 rings (SSSR count). The third-order valence-corrected chi connectivity index (χ3v) is 2.46. The highest BCUT2D eigenvalue weighted by atomic mass is 16.5. The maximum atomic E-state index is 11.6. The number of carbonyl (C=O) groups is 1. The first-order valence-electron chi connectivity index (χ1n) is 5.93. The maximum Gasteiger partial charge on any atom is 0.341 e. The molecule has 0 radical (unpaired) electrons. The number of aliphatic hydroxyl groups excluding tert-OH is 1. The van der Waals surface area contributed by atoms with Crippen molar-refractivity contribution in [3.05, 3.63) is 17.5 Å². The number of ether oxygens (including phenoxy) is 1. The van der Waals surface area contributed by atoms with E-state index in [-0.39, 0.29) is 6.61 Å². The Labute approximate surface area is 107 Å². The van der Waals surface area contributed by atoms with Gasteiger partial charge in [-0.15, -0.1) is 0 Å². The summed E-state index contributed by atoms with van der Waals surface area (Å²) in [6, 6.07) is 0. The lowest BCUT2D eigenvalue weighted by molar-refractivity contribution is 0.0524. The van der Waals surface area contributed by atoms with Gasteiger partial charge in [0.1, 0.15) is 0 Å². The van der Waals surface area contributed by atoms with Crippen LogP contribution in [0.4, 0.5) is 5.95 Å². The zero-order valence-corrected chi connectivity index (χ0v) is 11.0. The van der Waals surface area contributed by atoms with E-state index in [1.165, 1.54) is 6.20 Å². The summed E-state index contributed by atoms with van der Waals surface area (Å²) in [5, 5.41) is 8.76. The van der Waals surface area contributed by atoms with Crippen LogP contribution in [0.5, 0.6) is 0 Å². The lowest BCUT2D eigenvalue weighted by Crippen LogP contribution is -2.22. The van der Waals surface area contributed by atoms with Crippen molar-refractivity contribution >= 4 is 11.9 Å². The molecule has 6 nitrogen and oxygen atoms in total. The highest BCUT2D eigenvalue weighted by Gasteiger charge is 2.13. The van der Waals surface area contributed by atoms with E-state index in [9.17, 15) is 4.79 Å². The minimum absolute atomic E-state index is 0.129. The number of hydrogen-bond acceptors (Lipinski definition) is 6. The number of esters is 1. The van der Waals surface area contributed by atoms with Crippen molar-refractivity contribution in [1.29, 1.82) is 0 Å². The van der Waals surface area contributed by atoms with Crippen LogP contribution < -0.4 is 4.90 Å². The zero-order chi connectivity index (χ0) is 13.5. The normalized spacial score (nSPS) is 10.2. The summed E-state index contributed by atoms with van der Waals surface area (Å²) in [5.74, 6) is 0.133. The molecule has 1 heterocycles. The highest BCUT2D eigenvalue weighted by Crippen LogP contribution is 2.11. The molecule has 0 bridgehead atoms. The van der Waals surface area contributed by atoms with Gasteiger partial charge in [-0.1, -0.05) is 0 Å². The van der Waals surface area contributed by atoms with Crippen LogP contribution in [0.3, 0.4) is 0 Å². The number of carbonyl (C=O) groups excluding carboxylic acids is 1. The molecule has 0 saturated heterocycles. The Bertz CT molecular complexity index is 410. The number of nitrogens with zero attached hydrogens (tertiary/aromatic N) is 3. The molecule has 0 unspecified atom stereocenters. The molecular weight excluding hydrogens is 234 g/mol. The third-order valence-electron chi connectivity index (χ3n) is 2.46. The number of aliphatic hydroxyl groups is 1. The van der Waals surface area contributed by atoms with Gasteiger partial charge >= 0.3 is 5.97 Å². The molecule has 1 aromatic heterocycles. The summed E-state index contributed by atoms with van der Waals surface area (Å²) in [6.45, 7) is 4.62. The molecule has 6 heteroatoms. The van der Waals surface area contributed by atoms with Crippen molar-refractivity contribution in [3.63, 3.8) is 0 Å². The van der Waals surface area contributed by atoms with E-state index in [0.717, 1.165) is 0 Å². The number of rotatable bonds is 6. The monoisotopic (exact) mass is 253 g/mol. The first-order chi connectivity index (χ1) is 8.60. The summed E-state index contributed by atoms with van der Waals surface area (Å²) < 4.78 is 4.91. The molecule has 0 saturated carbocycles. The van der Waals surface area contributed by atoms with Crippen LogP contribution in [0.25, 0.3) is 0 Å². The van der Waals surface area contributed by atoms with Gasteiger partial charge in [-0.3, -0.25) is 0 Å². The van der Waals surface area contributed by atoms with Gasteiger partial charge in [-0.2, -0.15) is 0 Å². The lowest BCUT2D eigenvalue weighted by Gasteiger charge is -2.17. The molecule has 0 aromatic carbocycles. The largest absolute Gasteiger partial charge is 0.462 e. The van der Waals surface area contributed by atoms with Crippen molar-refractivity contribution in [2.75, 3.05) is 31.7 Å². The van der Waals surface area contributed by atoms with Gasteiger partial charge in [0, 0.05) is 26.4 Å². The Balaban J connectivity index is 2.81. The molecular formula is C12H19N3O3. The van der Waals surface area contributed by atoms with Gasteiger partial charge in [-0.05, 0) is 20.3 Å². The van der Waals surface area contributed by atoms with Crippen molar-refractivity contribution in [1.82, 2.24) is 9.97 Å². The van der Waals surface area contributed by atoms with Crippen LogP contribution in [0.2, 0.25) is 0 Å². The standard InChI is InChI=1S/C12H19N3O3/c1-4-18-11(17)10-8-13-12(14-9(10)2)15(3)6-5-7-16/h8,16H,4-7H2,1-3H3. The van der Waals surface area contributed by atoms with Crippen LogP contribution >= 0.6 is 0 Å². The molecule has 0 aliphatic carbocycles. The van der Waals surface area contributed by atoms with E-state index >= 15 is 0 Å². The second-order valence-corrected chi connectivity index (χ2v) is 3.89. The number of anilines is 1. The first-order valence-corrected chi connectivity index (χ1v) is 5.93. The average molecular weight is 253 g/mol. The average Bonchev–Trinajstić information content (AvgIpc) is 2.35. The van der Waals surface area contributed by atoms with Crippen LogP contribution in [-0.4, -0.2) is 47.8 Å². The highest BCUT2D eigenvalue weighted by molar-refractivity contribution is 5.90. The molecule has 100 valence electrons. The number of aryl methyl sites for hydroxylation is 1. The first kappa shape index (κ1) is 14.4. The molecule has 1 aromatic rings. The summed E-state index contributed by atoms with van der Waals surface area (Å²) >= 11 is 0. The van der Waals surface area contributed by atoms with Gasteiger partial charge in [-0.25, -0.2) is 14.8 Å². The maximum absolute atomic E-state index is 11.6.